The standard InChI is InChI=1S/C16H15Cl2N3O/c1-11-14(18)6-3-7-15(11)19-10-16(22)21-20-9-12-4-2-5-13(17)8-12/h2-9,19H,10H2,1H3,(H,21,22)/b20-9-. The van der Waals surface area contributed by atoms with Gasteiger partial charge in [-0.1, -0.05) is 41.4 Å². The quantitative estimate of drug-likeness (QED) is 0.643. The fourth-order valence-corrected chi connectivity index (χ4v) is 2.15. The molecular formula is C16H15Cl2N3O. The van der Waals surface area contributed by atoms with Crippen LogP contribution in [-0.2, 0) is 4.79 Å². The van der Waals surface area contributed by atoms with E-state index in [0.29, 0.717) is 10.0 Å². The molecule has 0 aliphatic heterocycles. The summed E-state index contributed by atoms with van der Waals surface area (Å²) in [5, 5.41) is 8.18. The Labute approximate surface area is 139 Å². The van der Waals surface area contributed by atoms with Crippen molar-refractivity contribution in [1.82, 2.24) is 5.43 Å². The Bertz CT molecular complexity index is 702. The predicted molar refractivity (Wildman–Crippen MR) is 91.9 cm³/mol. The second kappa shape index (κ2) is 7.82. The van der Waals surface area contributed by atoms with Crippen molar-refractivity contribution in [2.75, 3.05) is 11.9 Å². The summed E-state index contributed by atoms with van der Waals surface area (Å²) in [7, 11) is 0. The predicted octanol–water partition coefficient (Wildman–Crippen LogP) is 3.86. The molecule has 0 atom stereocenters. The Hall–Kier alpha value is -2.04. The molecule has 114 valence electrons. The van der Waals surface area contributed by atoms with Crippen molar-refractivity contribution in [3.8, 4) is 0 Å². The van der Waals surface area contributed by atoms with Crippen LogP contribution < -0.4 is 10.7 Å². The average molecular weight is 336 g/mol. The van der Waals surface area contributed by atoms with Gasteiger partial charge >= 0.3 is 0 Å². The van der Waals surface area contributed by atoms with E-state index >= 15 is 0 Å². The topological polar surface area (TPSA) is 53.5 Å². The summed E-state index contributed by atoms with van der Waals surface area (Å²) in [6.07, 6.45) is 1.54. The molecule has 2 N–H and O–H groups in total. The monoisotopic (exact) mass is 335 g/mol. The van der Waals surface area contributed by atoms with Gasteiger partial charge in [0.15, 0.2) is 0 Å². The first-order valence-electron chi connectivity index (χ1n) is 6.63. The normalized spacial score (nSPS) is 10.7. The molecule has 0 aliphatic carbocycles. The molecule has 0 unspecified atom stereocenters. The van der Waals surface area contributed by atoms with Crippen molar-refractivity contribution < 1.29 is 4.79 Å². The Morgan fingerprint density at radius 3 is 2.77 bits per heavy atom. The molecular weight excluding hydrogens is 321 g/mol. The molecule has 0 radical (unpaired) electrons. The first-order valence-corrected chi connectivity index (χ1v) is 7.38. The van der Waals surface area contributed by atoms with Crippen molar-refractivity contribution in [2.24, 2.45) is 5.10 Å². The molecule has 2 rings (SSSR count). The molecule has 0 spiro atoms. The van der Waals surface area contributed by atoms with Gasteiger partial charge in [-0.3, -0.25) is 4.79 Å². The minimum atomic E-state index is -0.252. The third-order valence-electron chi connectivity index (χ3n) is 2.96. The fraction of sp³-hybridized carbons (Fsp3) is 0.125. The third-order valence-corrected chi connectivity index (χ3v) is 3.60. The molecule has 0 aromatic heterocycles. The maximum Gasteiger partial charge on any atom is 0.259 e. The largest absolute Gasteiger partial charge is 0.376 e. The number of benzene rings is 2. The van der Waals surface area contributed by atoms with E-state index in [1.54, 1.807) is 18.2 Å². The smallest absolute Gasteiger partial charge is 0.259 e. The summed E-state index contributed by atoms with van der Waals surface area (Å²) < 4.78 is 0. The van der Waals surface area contributed by atoms with Crippen molar-refractivity contribution >= 4 is 41.0 Å². The molecule has 2 aromatic rings. The third kappa shape index (κ3) is 4.76. The second-order valence-corrected chi connectivity index (χ2v) is 5.46. The summed E-state index contributed by atoms with van der Waals surface area (Å²) >= 11 is 11.9. The Morgan fingerprint density at radius 2 is 2.00 bits per heavy atom. The van der Waals surface area contributed by atoms with E-state index in [-0.39, 0.29) is 12.5 Å². The number of hydrogen-bond acceptors (Lipinski definition) is 3. The second-order valence-electron chi connectivity index (χ2n) is 4.61. The van der Waals surface area contributed by atoms with Crippen molar-refractivity contribution in [3.63, 3.8) is 0 Å². The van der Waals surface area contributed by atoms with Gasteiger partial charge in [0.05, 0.1) is 12.8 Å². The maximum atomic E-state index is 11.7. The van der Waals surface area contributed by atoms with E-state index in [1.807, 2.05) is 31.2 Å². The first kappa shape index (κ1) is 16.3. The molecule has 4 nitrogen and oxygen atoms in total. The van der Waals surface area contributed by atoms with Crippen LogP contribution in [0.4, 0.5) is 5.69 Å². The van der Waals surface area contributed by atoms with Gasteiger partial charge in [0, 0.05) is 15.7 Å². The van der Waals surface area contributed by atoms with Crippen LogP contribution in [0.5, 0.6) is 0 Å². The highest BCUT2D eigenvalue weighted by molar-refractivity contribution is 6.31. The van der Waals surface area contributed by atoms with E-state index < -0.39 is 0 Å². The summed E-state index contributed by atoms with van der Waals surface area (Å²) in [4.78, 5) is 11.7. The number of carbonyl (C=O) groups is 1. The molecule has 6 heteroatoms. The molecule has 0 heterocycles. The molecule has 2 aromatic carbocycles. The van der Waals surface area contributed by atoms with Gasteiger partial charge < -0.3 is 5.32 Å². The van der Waals surface area contributed by atoms with E-state index in [0.717, 1.165) is 16.8 Å². The first-order chi connectivity index (χ1) is 10.6. The van der Waals surface area contributed by atoms with Crippen LogP contribution in [-0.4, -0.2) is 18.7 Å². The van der Waals surface area contributed by atoms with Crippen LogP contribution in [0.3, 0.4) is 0 Å². The lowest BCUT2D eigenvalue weighted by Gasteiger charge is -2.09. The highest BCUT2D eigenvalue weighted by Gasteiger charge is 2.04. The zero-order chi connectivity index (χ0) is 15.9. The summed E-state index contributed by atoms with van der Waals surface area (Å²) in [6.45, 7) is 1.99. The van der Waals surface area contributed by atoms with Crippen LogP contribution >= 0.6 is 23.2 Å². The van der Waals surface area contributed by atoms with Crippen LogP contribution in [0.2, 0.25) is 10.0 Å². The van der Waals surface area contributed by atoms with Crippen LogP contribution in [0, 0.1) is 6.92 Å². The zero-order valence-corrected chi connectivity index (χ0v) is 13.4. The minimum Gasteiger partial charge on any atom is -0.376 e. The minimum absolute atomic E-state index is 0.105. The van der Waals surface area contributed by atoms with Gasteiger partial charge in [0.25, 0.3) is 5.91 Å². The molecule has 0 bridgehead atoms. The summed E-state index contributed by atoms with van der Waals surface area (Å²) in [5.74, 6) is -0.252. The number of nitrogens with zero attached hydrogens (tertiary/aromatic N) is 1. The van der Waals surface area contributed by atoms with E-state index in [1.165, 1.54) is 6.21 Å². The van der Waals surface area contributed by atoms with Crippen molar-refractivity contribution in [1.29, 1.82) is 0 Å². The van der Waals surface area contributed by atoms with E-state index in [9.17, 15) is 4.79 Å². The van der Waals surface area contributed by atoms with Gasteiger partial charge in [-0.2, -0.15) is 5.10 Å². The molecule has 0 fully saturated rings. The average Bonchev–Trinajstić information content (AvgIpc) is 2.49. The lowest BCUT2D eigenvalue weighted by atomic mass is 10.2. The zero-order valence-electron chi connectivity index (χ0n) is 11.9. The number of hydrazone groups is 1. The number of halogens is 2. The number of anilines is 1. The fourth-order valence-electron chi connectivity index (χ4n) is 1.78. The van der Waals surface area contributed by atoms with E-state index in [2.05, 4.69) is 15.8 Å². The van der Waals surface area contributed by atoms with Gasteiger partial charge in [-0.05, 0) is 42.3 Å². The number of carbonyl (C=O) groups excluding carboxylic acids is 1. The molecule has 0 saturated carbocycles. The maximum absolute atomic E-state index is 11.7. The lowest BCUT2D eigenvalue weighted by Crippen LogP contribution is -2.26. The van der Waals surface area contributed by atoms with Gasteiger partial charge in [-0.15, -0.1) is 0 Å². The Kier molecular flexibility index (Phi) is 5.81. The molecule has 1 amide bonds. The lowest BCUT2D eigenvalue weighted by molar-refractivity contribution is -0.119. The number of hydrogen-bond donors (Lipinski definition) is 2. The summed E-state index contributed by atoms with van der Waals surface area (Å²) in [5.41, 5.74) is 4.98. The number of amides is 1. The highest BCUT2D eigenvalue weighted by Crippen LogP contribution is 2.22. The summed E-state index contributed by atoms with van der Waals surface area (Å²) in [6, 6.07) is 12.7. The Balaban J connectivity index is 1.84. The van der Waals surface area contributed by atoms with Crippen LogP contribution in [0.25, 0.3) is 0 Å². The van der Waals surface area contributed by atoms with Crippen LogP contribution in [0.15, 0.2) is 47.6 Å². The highest BCUT2D eigenvalue weighted by atomic mass is 35.5. The molecule has 0 aliphatic rings. The number of nitrogens with one attached hydrogen (secondary N) is 2. The van der Waals surface area contributed by atoms with Crippen molar-refractivity contribution in [3.05, 3.63) is 63.6 Å². The molecule has 0 saturated heterocycles. The number of rotatable bonds is 5. The van der Waals surface area contributed by atoms with Crippen LogP contribution in [0.1, 0.15) is 11.1 Å². The van der Waals surface area contributed by atoms with Crippen molar-refractivity contribution in [2.45, 2.75) is 6.92 Å². The Morgan fingerprint density at radius 1 is 1.23 bits per heavy atom. The SMILES string of the molecule is Cc1c(Cl)cccc1NCC(=O)N/N=C\c1cccc(Cl)c1. The van der Waals surface area contributed by atoms with Gasteiger partial charge in [0.1, 0.15) is 0 Å². The molecule has 22 heavy (non-hydrogen) atoms. The van der Waals surface area contributed by atoms with E-state index in [4.69, 9.17) is 23.2 Å². The van der Waals surface area contributed by atoms with Gasteiger partial charge in [-0.25, -0.2) is 5.43 Å². The van der Waals surface area contributed by atoms with Gasteiger partial charge in [0.2, 0.25) is 0 Å².